The zero-order valence-electron chi connectivity index (χ0n) is 20.7. The number of carbonyl (C=O) groups is 2. The number of alkyl halides is 4. The quantitative estimate of drug-likeness (QED) is 0.183. The van der Waals surface area contributed by atoms with E-state index in [9.17, 15) is 31.9 Å². The summed E-state index contributed by atoms with van der Waals surface area (Å²) in [6.07, 6.45) is -0.611. The summed E-state index contributed by atoms with van der Waals surface area (Å²) in [5.41, 5.74) is -1.00. The van der Waals surface area contributed by atoms with Crippen molar-refractivity contribution in [1.82, 2.24) is 20.5 Å². The van der Waals surface area contributed by atoms with Crippen LogP contribution in [0.3, 0.4) is 0 Å². The Kier molecular flexibility index (Phi) is 10.9. The summed E-state index contributed by atoms with van der Waals surface area (Å²) in [6, 6.07) is 7.00. The van der Waals surface area contributed by atoms with Gasteiger partial charge in [-0.3, -0.25) is 19.4 Å². The van der Waals surface area contributed by atoms with Crippen molar-refractivity contribution >= 4 is 45.7 Å². The van der Waals surface area contributed by atoms with E-state index in [1.54, 1.807) is 12.1 Å². The van der Waals surface area contributed by atoms with Crippen molar-refractivity contribution in [3.05, 3.63) is 81.8 Å². The smallest absolute Gasteiger partial charge is 0.354 e. The van der Waals surface area contributed by atoms with Crippen molar-refractivity contribution in [1.29, 1.82) is 0 Å². The molecular weight excluding hydrogens is 621 g/mol. The minimum absolute atomic E-state index is 0.0568. The lowest BCUT2D eigenvalue weighted by Crippen LogP contribution is -2.42. The number of rotatable bonds is 6. The highest BCUT2D eigenvalue weighted by Gasteiger charge is 2.48. The second-order valence-electron chi connectivity index (χ2n) is 7.91. The van der Waals surface area contributed by atoms with Crippen LogP contribution in [-0.4, -0.2) is 32.4 Å². The predicted molar refractivity (Wildman–Crippen MR) is 143 cm³/mol. The number of benzene rings is 1. The maximum atomic E-state index is 13.0. The van der Waals surface area contributed by atoms with Gasteiger partial charge in [0.2, 0.25) is 0 Å². The van der Waals surface area contributed by atoms with E-state index in [-0.39, 0.29) is 17.0 Å². The number of ketones is 1. The molecule has 0 bridgehead atoms. The Hall–Kier alpha value is -3.36. The van der Waals surface area contributed by atoms with Gasteiger partial charge < -0.3 is 10.6 Å². The first kappa shape index (κ1) is 30.9. The zero-order chi connectivity index (χ0) is 28.5. The highest BCUT2D eigenvalue weighted by Crippen LogP contribution is 2.37. The van der Waals surface area contributed by atoms with E-state index in [0.717, 1.165) is 23.9 Å². The van der Waals surface area contributed by atoms with Crippen LogP contribution in [0.4, 0.5) is 28.9 Å². The minimum atomic E-state index is -4.62. The number of pyridine rings is 1. The normalized spacial score (nSPS) is 13.2. The number of nitrogens with one attached hydrogen (secondary N) is 3. The van der Waals surface area contributed by atoms with Crippen molar-refractivity contribution in [3.63, 3.8) is 0 Å². The largest absolute Gasteiger partial charge is 0.418 e. The molecule has 13 heteroatoms. The summed E-state index contributed by atoms with van der Waals surface area (Å²) in [6.45, 7) is 5.45. The Labute approximate surface area is 229 Å². The Bertz CT molecular complexity index is 1310. The van der Waals surface area contributed by atoms with E-state index < -0.39 is 34.6 Å². The molecule has 0 spiro atoms. The van der Waals surface area contributed by atoms with E-state index >= 15 is 0 Å². The Morgan fingerprint density at radius 3 is 2.29 bits per heavy atom. The summed E-state index contributed by atoms with van der Waals surface area (Å²) in [5, 5.41) is 10.9. The van der Waals surface area contributed by atoms with Gasteiger partial charge in [-0.1, -0.05) is 36.4 Å². The van der Waals surface area contributed by atoms with Crippen molar-refractivity contribution < 1.29 is 27.2 Å². The summed E-state index contributed by atoms with van der Waals surface area (Å²) >= 11 is 2.13. The number of amides is 1. The number of halogens is 5. The molecule has 1 saturated carbocycles. The molecular formula is C25H26F4IN5O3. The first-order valence-electron chi connectivity index (χ1n) is 11.5. The van der Waals surface area contributed by atoms with Gasteiger partial charge in [0.1, 0.15) is 5.82 Å². The monoisotopic (exact) mass is 647 g/mol. The Morgan fingerprint density at radius 1 is 1.11 bits per heavy atom. The van der Waals surface area contributed by atoms with Crippen molar-refractivity contribution in [2.24, 2.45) is 0 Å². The van der Waals surface area contributed by atoms with E-state index in [1.165, 1.54) is 19.3 Å². The topological polar surface area (TPSA) is 117 Å². The summed E-state index contributed by atoms with van der Waals surface area (Å²) in [4.78, 5) is 38.0. The average molecular weight is 647 g/mol. The average Bonchev–Trinajstić information content (AvgIpc) is 3.67. The van der Waals surface area contributed by atoms with Gasteiger partial charge >= 0.3 is 6.18 Å². The number of carbonyl (C=O) groups excluding carboxylic acids is 2. The van der Waals surface area contributed by atoms with Gasteiger partial charge in [-0.05, 0) is 50.1 Å². The third kappa shape index (κ3) is 8.60. The molecule has 3 aromatic rings. The molecule has 0 radical (unpaired) electrons. The summed E-state index contributed by atoms with van der Waals surface area (Å²) in [5.74, 6) is -1.42. The van der Waals surface area contributed by atoms with Crippen LogP contribution in [0.2, 0.25) is 0 Å². The molecule has 1 aliphatic carbocycles. The third-order valence-electron chi connectivity index (χ3n) is 5.23. The first-order valence-corrected chi connectivity index (χ1v) is 13.0. The van der Waals surface area contributed by atoms with Crippen LogP contribution in [0.5, 0.6) is 0 Å². The molecule has 4 rings (SSSR count). The van der Waals surface area contributed by atoms with Crippen LogP contribution >= 0.6 is 22.6 Å². The number of hydrogen-bond acceptors (Lipinski definition) is 6. The van der Waals surface area contributed by atoms with E-state index in [4.69, 9.17) is 0 Å². The lowest BCUT2D eigenvalue weighted by Gasteiger charge is -2.14. The van der Waals surface area contributed by atoms with Gasteiger partial charge in [0.15, 0.2) is 5.78 Å². The molecule has 2 heterocycles. The van der Waals surface area contributed by atoms with Gasteiger partial charge in [0, 0.05) is 10.5 Å². The predicted octanol–water partition coefficient (Wildman–Crippen LogP) is 5.57. The summed E-state index contributed by atoms with van der Waals surface area (Å²) in [7, 11) is 0. The lowest BCUT2D eigenvalue weighted by atomic mass is 10.1. The molecule has 2 aromatic heterocycles. The molecule has 8 nitrogen and oxygen atoms in total. The number of hydrogen-bond donors (Lipinski definition) is 3. The molecule has 3 N–H and O–H groups in total. The standard InChI is InChI=1S/C13H9F4IN2.C10H11N3O3.C2H6/c14-8-1-4-12(11(5-8)13(15,16)17)20-10-3-2-9(6-18)19-7-10;1-6(14)10(2-3-10)12-9(16)7-4-8(15)13-11-5-7;1-2/h1-5,7,20H,6H2;4-5H,2-3H2,1H3,(H,12,16)(H,13,15);1-2H3. The zero-order valence-corrected chi connectivity index (χ0v) is 22.9. The number of Topliss-reactive ketones (excluding diaryl/α,β-unsaturated/α-hetero) is 1. The molecule has 38 heavy (non-hydrogen) atoms. The second kappa shape index (κ2) is 13.4. The number of nitrogens with zero attached hydrogens (tertiary/aromatic N) is 2. The Balaban J connectivity index is 0.000000256. The maximum Gasteiger partial charge on any atom is 0.418 e. The molecule has 0 saturated heterocycles. The fraction of sp³-hybridized carbons (Fsp3) is 0.320. The second-order valence-corrected chi connectivity index (χ2v) is 8.67. The Morgan fingerprint density at radius 2 is 1.79 bits per heavy atom. The van der Waals surface area contributed by atoms with Crippen LogP contribution in [0, 0.1) is 5.82 Å². The van der Waals surface area contributed by atoms with Crippen LogP contribution in [0.25, 0.3) is 0 Å². The van der Waals surface area contributed by atoms with Gasteiger partial charge in [0.25, 0.3) is 11.5 Å². The molecule has 0 atom stereocenters. The van der Waals surface area contributed by atoms with Crippen LogP contribution in [0.15, 0.2) is 53.6 Å². The van der Waals surface area contributed by atoms with E-state index in [1.807, 2.05) is 13.8 Å². The molecule has 204 valence electrons. The SMILES string of the molecule is CC.CC(=O)C1(NC(=O)c2cn[nH]c(=O)c2)CC1.Fc1ccc(Nc2ccc(CI)nc2)c(C(F)(F)F)c1. The van der Waals surface area contributed by atoms with Crippen molar-refractivity contribution in [2.75, 3.05) is 5.32 Å². The number of H-pyrrole nitrogens is 1. The molecule has 1 amide bonds. The third-order valence-corrected chi connectivity index (χ3v) is 6.01. The fourth-order valence-electron chi connectivity index (χ4n) is 3.07. The van der Waals surface area contributed by atoms with Gasteiger partial charge in [-0.25, -0.2) is 9.49 Å². The molecule has 0 aliphatic heterocycles. The number of anilines is 2. The van der Waals surface area contributed by atoms with Gasteiger partial charge in [0.05, 0.1) is 46.1 Å². The summed E-state index contributed by atoms with van der Waals surface area (Å²) < 4.78 is 52.2. The van der Waals surface area contributed by atoms with Crippen LogP contribution in [0.1, 0.15) is 55.2 Å². The van der Waals surface area contributed by atoms with E-state index in [2.05, 4.69) is 48.4 Å². The van der Waals surface area contributed by atoms with Crippen molar-refractivity contribution in [2.45, 2.75) is 49.8 Å². The minimum Gasteiger partial charge on any atom is -0.354 e. The molecule has 0 unspecified atom stereocenters. The van der Waals surface area contributed by atoms with Gasteiger partial charge in [-0.15, -0.1) is 0 Å². The highest BCUT2D eigenvalue weighted by molar-refractivity contribution is 14.1. The van der Waals surface area contributed by atoms with Crippen LogP contribution < -0.4 is 16.2 Å². The number of aromatic amines is 1. The first-order chi connectivity index (χ1) is 17.9. The molecule has 1 fully saturated rings. The van der Waals surface area contributed by atoms with Crippen LogP contribution in [-0.2, 0) is 15.4 Å². The van der Waals surface area contributed by atoms with E-state index in [0.29, 0.717) is 29.0 Å². The molecule has 1 aliphatic rings. The lowest BCUT2D eigenvalue weighted by molar-refractivity contribution is -0.137. The fourth-order valence-corrected chi connectivity index (χ4v) is 3.52. The van der Waals surface area contributed by atoms with Gasteiger partial charge in [-0.2, -0.15) is 18.3 Å². The molecule has 1 aromatic carbocycles. The van der Waals surface area contributed by atoms with Crippen molar-refractivity contribution in [3.8, 4) is 0 Å². The highest BCUT2D eigenvalue weighted by atomic mass is 127. The maximum absolute atomic E-state index is 13.0. The number of aromatic nitrogens is 3.